The first kappa shape index (κ1) is 11.9. The lowest BCUT2D eigenvalue weighted by Gasteiger charge is -2.14. The molecule has 0 aromatic carbocycles. The van der Waals surface area contributed by atoms with E-state index in [1.54, 1.807) is 11.3 Å². The maximum Gasteiger partial charge on any atom is 0.138 e. The number of aryl methyl sites for hydroxylation is 2. The molecule has 0 radical (unpaired) electrons. The second-order valence-corrected chi connectivity index (χ2v) is 6.28. The highest BCUT2D eigenvalue weighted by molar-refractivity contribution is 7.18. The monoisotopic (exact) mass is 261 g/mol. The lowest BCUT2D eigenvalue weighted by Crippen LogP contribution is -2.16. The first-order valence-electron chi connectivity index (χ1n) is 6.80. The number of aromatic nitrogens is 2. The largest absolute Gasteiger partial charge is 0.367 e. The molecule has 0 unspecified atom stereocenters. The van der Waals surface area contributed by atoms with Crippen LogP contribution in [0.25, 0.3) is 10.2 Å². The van der Waals surface area contributed by atoms with Crippen molar-refractivity contribution in [1.29, 1.82) is 0 Å². The van der Waals surface area contributed by atoms with Crippen LogP contribution in [0.2, 0.25) is 0 Å². The van der Waals surface area contributed by atoms with Gasteiger partial charge in [0.25, 0.3) is 0 Å². The highest BCUT2D eigenvalue weighted by atomic mass is 32.1. The van der Waals surface area contributed by atoms with Gasteiger partial charge in [0.15, 0.2) is 0 Å². The number of nitrogens with one attached hydrogen (secondary N) is 1. The standard InChI is InChI=1S/C14H19N3S/c1-3-12-16-13(15-10-6-4-5-7-10)11-8-9(2)18-14(11)17-12/h8,10H,3-7H2,1-2H3,(H,15,16,17). The van der Waals surface area contributed by atoms with E-state index < -0.39 is 0 Å². The van der Waals surface area contributed by atoms with Crippen molar-refractivity contribution < 1.29 is 0 Å². The Labute approximate surface area is 112 Å². The fourth-order valence-electron chi connectivity index (χ4n) is 2.62. The molecule has 4 heteroatoms. The normalized spacial score (nSPS) is 16.6. The lowest BCUT2D eigenvalue weighted by molar-refractivity contribution is 0.749. The molecule has 1 aliphatic carbocycles. The summed E-state index contributed by atoms with van der Waals surface area (Å²) in [6, 6.07) is 2.81. The molecular weight excluding hydrogens is 242 g/mol. The Hall–Kier alpha value is -1.16. The van der Waals surface area contributed by atoms with Crippen LogP contribution in [0.1, 0.15) is 43.3 Å². The highest BCUT2D eigenvalue weighted by Gasteiger charge is 2.17. The van der Waals surface area contributed by atoms with Crippen molar-refractivity contribution >= 4 is 27.4 Å². The molecule has 18 heavy (non-hydrogen) atoms. The second-order valence-electron chi connectivity index (χ2n) is 5.04. The molecule has 1 saturated carbocycles. The SMILES string of the molecule is CCc1nc(NC2CCCC2)c2cc(C)sc2n1. The van der Waals surface area contributed by atoms with Crippen molar-refractivity contribution in [3.63, 3.8) is 0 Å². The third-order valence-electron chi connectivity index (χ3n) is 3.57. The number of rotatable bonds is 3. The van der Waals surface area contributed by atoms with E-state index in [-0.39, 0.29) is 0 Å². The zero-order valence-electron chi connectivity index (χ0n) is 11.0. The van der Waals surface area contributed by atoms with Crippen LogP contribution in [0.5, 0.6) is 0 Å². The van der Waals surface area contributed by atoms with Gasteiger partial charge in [0.2, 0.25) is 0 Å². The molecule has 0 aliphatic heterocycles. The lowest BCUT2D eigenvalue weighted by atomic mass is 10.2. The second kappa shape index (κ2) is 4.84. The number of fused-ring (bicyclic) bond motifs is 1. The third kappa shape index (κ3) is 2.21. The molecule has 0 bridgehead atoms. The van der Waals surface area contributed by atoms with Crippen molar-refractivity contribution in [1.82, 2.24) is 9.97 Å². The van der Waals surface area contributed by atoms with E-state index in [2.05, 4.69) is 35.2 Å². The molecule has 96 valence electrons. The van der Waals surface area contributed by atoms with Crippen LogP contribution >= 0.6 is 11.3 Å². The molecule has 2 heterocycles. The molecule has 1 fully saturated rings. The van der Waals surface area contributed by atoms with Gasteiger partial charge in [0, 0.05) is 17.3 Å². The predicted molar refractivity (Wildman–Crippen MR) is 77.4 cm³/mol. The van der Waals surface area contributed by atoms with Crippen molar-refractivity contribution in [3.05, 3.63) is 16.8 Å². The Balaban J connectivity index is 2.01. The zero-order valence-corrected chi connectivity index (χ0v) is 11.8. The Morgan fingerprint density at radius 3 is 2.83 bits per heavy atom. The first-order valence-corrected chi connectivity index (χ1v) is 7.61. The molecule has 0 atom stereocenters. The Morgan fingerprint density at radius 1 is 1.33 bits per heavy atom. The topological polar surface area (TPSA) is 37.8 Å². The van der Waals surface area contributed by atoms with E-state index in [9.17, 15) is 0 Å². The Bertz CT molecular complexity index is 555. The number of hydrogen-bond acceptors (Lipinski definition) is 4. The van der Waals surface area contributed by atoms with Gasteiger partial charge < -0.3 is 5.32 Å². The molecule has 0 saturated heterocycles. The number of thiophene rings is 1. The van der Waals surface area contributed by atoms with Gasteiger partial charge in [-0.3, -0.25) is 0 Å². The number of nitrogens with zero attached hydrogens (tertiary/aromatic N) is 2. The van der Waals surface area contributed by atoms with E-state index in [0.29, 0.717) is 6.04 Å². The molecule has 3 rings (SSSR count). The van der Waals surface area contributed by atoms with Crippen LogP contribution in [-0.4, -0.2) is 16.0 Å². The van der Waals surface area contributed by atoms with Crippen LogP contribution in [0.3, 0.4) is 0 Å². The van der Waals surface area contributed by atoms with Gasteiger partial charge in [-0.2, -0.15) is 0 Å². The zero-order chi connectivity index (χ0) is 12.5. The van der Waals surface area contributed by atoms with E-state index >= 15 is 0 Å². The van der Waals surface area contributed by atoms with E-state index in [4.69, 9.17) is 0 Å². The van der Waals surface area contributed by atoms with Crippen LogP contribution < -0.4 is 5.32 Å². The molecular formula is C14H19N3S. The summed E-state index contributed by atoms with van der Waals surface area (Å²) in [6.45, 7) is 4.25. The molecule has 0 spiro atoms. The van der Waals surface area contributed by atoms with Crippen molar-refractivity contribution in [2.24, 2.45) is 0 Å². The number of hydrogen-bond donors (Lipinski definition) is 1. The summed E-state index contributed by atoms with van der Waals surface area (Å²) < 4.78 is 0. The molecule has 2 aromatic heterocycles. The average molecular weight is 261 g/mol. The maximum absolute atomic E-state index is 4.68. The molecule has 1 N–H and O–H groups in total. The van der Waals surface area contributed by atoms with E-state index in [1.807, 2.05) is 0 Å². The minimum atomic E-state index is 0.605. The van der Waals surface area contributed by atoms with Gasteiger partial charge in [-0.25, -0.2) is 9.97 Å². The van der Waals surface area contributed by atoms with Crippen molar-refractivity contribution in [2.45, 2.75) is 52.0 Å². The maximum atomic E-state index is 4.68. The fraction of sp³-hybridized carbons (Fsp3) is 0.571. The first-order chi connectivity index (χ1) is 8.76. The summed E-state index contributed by atoms with van der Waals surface area (Å²) in [5, 5.41) is 4.82. The van der Waals surface area contributed by atoms with Crippen LogP contribution in [-0.2, 0) is 6.42 Å². The summed E-state index contributed by atoms with van der Waals surface area (Å²) in [6.07, 6.45) is 6.13. The van der Waals surface area contributed by atoms with Gasteiger partial charge >= 0.3 is 0 Å². The van der Waals surface area contributed by atoms with Gasteiger partial charge in [0.1, 0.15) is 16.5 Å². The third-order valence-corrected chi connectivity index (χ3v) is 4.52. The van der Waals surface area contributed by atoms with Crippen LogP contribution in [0, 0.1) is 6.92 Å². The minimum Gasteiger partial charge on any atom is -0.367 e. The predicted octanol–water partition coefficient (Wildman–Crippen LogP) is 3.92. The quantitative estimate of drug-likeness (QED) is 0.910. The Morgan fingerprint density at radius 2 is 2.11 bits per heavy atom. The summed E-state index contributed by atoms with van der Waals surface area (Å²) >= 11 is 1.76. The average Bonchev–Trinajstić information content (AvgIpc) is 2.97. The molecule has 2 aromatic rings. The summed E-state index contributed by atoms with van der Waals surface area (Å²) in [4.78, 5) is 11.7. The van der Waals surface area contributed by atoms with Gasteiger partial charge in [0.05, 0.1) is 5.39 Å². The highest BCUT2D eigenvalue weighted by Crippen LogP contribution is 2.30. The molecule has 0 amide bonds. The van der Waals surface area contributed by atoms with Crippen LogP contribution in [0.15, 0.2) is 6.07 Å². The summed E-state index contributed by atoms with van der Waals surface area (Å²) in [5.74, 6) is 2.00. The number of anilines is 1. The minimum absolute atomic E-state index is 0.605. The van der Waals surface area contributed by atoms with Crippen molar-refractivity contribution in [2.75, 3.05) is 5.32 Å². The Kier molecular flexibility index (Phi) is 3.20. The molecule has 3 nitrogen and oxygen atoms in total. The fourth-order valence-corrected chi connectivity index (χ4v) is 3.52. The van der Waals surface area contributed by atoms with E-state index in [1.165, 1.54) is 35.9 Å². The smallest absolute Gasteiger partial charge is 0.138 e. The molecule has 1 aliphatic rings. The summed E-state index contributed by atoms with van der Waals surface area (Å²) in [5.41, 5.74) is 0. The van der Waals surface area contributed by atoms with Crippen molar-refractivity contribution in [3.8, 4) is 0 Å². The van der Waals surface area contributed by atoms with E-state index in [0.717, 1.165) is 22.9 Å². The summed E-state index contributed by atoms with van der Waals surface area (Å²) in [7, 11) is 0. The van der Waals surface area contributed by atoms with Gasteiger partial charge in [-0.15, -0.1) is 11.3 Å². The van der Waals surface area contributed by atoms with Crippen LogP contribution in [0.4, 0.5) is 5.82 Å². The van der Waals surface area contributed by atoms with Gasteiger partial charge in [-0.1, -0.05) is 19.8 Å². The van der Waals surface area contributed by atoms with Gasteiger partial charge in [-0.05, 0) is 25.8 Å².